The summed E-state index contributed by atoms with van der Waals surface area (Å²) in [6.45, 7) is 0. The van der Waals surface area contributed by atoms with Gasteiger partial charge in [-0.15, -0.1) is 11.6 Å². The normalized spacial score (nSPS) is 12.7. The summed E-state index contributed by atoms with van der Waals surface area (Å²) in [6.07, 6.45) is 0.505. The quantitative estimate of drug-likeness (QED) is 0.709. The molecule has 0 bridgehead atoms. The zero-order valence-corrected chi connectivity index (χ0v) is 9.86. The van der Waals surface area contributed by atoms with E-state index in [9.17, 15) is 8.78 Å². The first-order valence-electron chi connectivity index (χ1n) is 4.77. The summed E-state index contributed by atoms with van der Waals surface area (Å²) in [6, 6.07) is 6.00. The Morgan fingerprint density at radius 3 is 2.75 bits per heavy atom. The highest BCUT2D eigenvalue weighted by molar-refractivity contribution is 7.07. The van der Waals surface area contributed by atoms with Crippen molar-refractivity contribution in [1.82, 2.24) is 0 Å². The number of hydrogen-bond donors (Lipinski definition) is 0. The third-order valence-electron chi connectivity index (χ3n) is 2.31. The van der Waals surface area contributed by atoms with Gasteiger partial charge < -0.3 is 0 Å². The molecule has 1 aromatic heterocycles. The van der Waals surface area contributed by atoms with Gasteiger partial charge >= 0.3 is 0 Å². The van der Waals surface area contributed by atoms with Crippen molar-refractivity contribution in [2.24, 2.45) is 0 Å². The third kappa shape index (κ3) is 2.42. The van der Waals surface area contributed by atoms with E-state index in [-0.39, 0.29) is 5.56 Å². The molecule has 0 spiro atoms. The van der Waals surface area contributed by atoms with E-state index in [2.05, 4.69) is 0 Å². The van der Waals surface area contributed by atoms with Crippen LogP contribution >= 0.6 is 22.9 Å². The summed E-state index contributed by atoms with van der Waals surface area (Å²) in [5, 5.41) is 3.35. The SMILES string of the molecule is Fc1cccc(C(Cl)Cc2ccsc2)c1F. The van der Waals surface area contributed by atoms with Crippen LogP contribution in [-0.2, 0) is 6.42 Å². The van der Waals surface area contributed by atoms with Crippen molar-refractivity contribution in [2.75, 3.05) is 0 Å². The van der Waals surface area contributed by atoms with Gasteiger partial charge in [0.15, 0.2) is 11.6 Å². The van der Waals surface area contributed by atoms with Crippen LogP contribution < -0.4 is 0 Å². The van der Waals surface area contributed by atoms with Crippen LogP contribution in [-0.4, -0.2) is 0 Å². The van der Waals surface area contributed by atoms with Crippen LogP contribution in [0.1, 0.15) is 16.5 Å². The summed E-state index contributed by atoms with van der Waals surface area (Å²) in [4.78, 5) is 0. The van der Waals surface area contributed by atoms with E-state index >= 15 is 0 Å². The predicted molar refractivity (Wildman–Crippen MR) is 63.0 cm³/mol. The molecule has 0 radical (unpaired) electrons. The maximum atomic E-state index is 13.4. The predicted octanol–water partition coefficient (Wildman–Crippen LogP) is 4.55. The largest absolute Gasteiger partial charge is 0.204 e. The van der Waals surface area contributed by atoms with Gasteiger partial charge in [-0.2, -0.15) is 11.3 Å². The van der Waals surface area contributed by atoms with Crippen LogP contribution in [0.15, 0.2) is 35.0 Å². The highest BCUT2D eigenvalue weighted by Crippen LogP contribution is 2.28. The van der Waals surface area contributed by atoms with Gasteiger partial charge in [0.2, 0.25) is 0 Å². The molecule has 0 aliphatic rings. The number of hydrogen-bond acceptors (Lipinski definition) is 1. The molecule has 2 rings (SSSR count). The van der Waals surface area contributed by atoms with Crippen molar-refractivity contribution in [3.05, 3.63) is 57.8 Å². The van der Waals surface area contributed by atoms with Crippen LogP contribution in [0.4, 0.5) is 8.78 Å². The molecule has 1 unspecified atom stereocenters. The van der Waals surface area contributed by atoms with E-state index in [1.807, 2.05) is 16.8 Å². The number of halogens is 3. The lowest BCUT2D eigenvalue weighted by Crippen LogP contribution is -2.00. The van der Waals surface area contributed by atoms with E-state index < -0.39 is 17.0 Å². The molecule has 0 aliphatic carbocycles. The Morgan fingerprint density at radius 1 is 1.25 bits per heavy atom. The molecule has 0 nitrogen and oxygen atoms in total. The first-order chi connectivity index (χ1) is 7.68. The smallest absolute Gasteiger partial charge is 0.163 e. The average molecular weight is 259 g/mol. The van der Waals surface area contributed by atoms with E-state index in [4.69, 9.17) is 11.6 Å². The second-order valence-electron chi connectivity index (χ2n) is 3.45. The molecule has 4 heteroatoms. The Labute approximate surface area is 101 Å². The van der Waals surface area contributed by atoms with Crippen molar-refractivity contribution in [3.8, 4) is 0 Å². The van der Waals surface area contributed by atoms with Crippen molar-refractivity contribution in [1.29, 1.82) is 0 Å². The van der Waals surface area contributed by atoms with Crippen molar-refractivity contribution in [3.63, 3.8) is 0 Å². The Morgan fingerprint density at radius 2 is 2.06 bits per heavy atom. The molecule has 0 saturated carbocycles. The van der Waals surface area contributed by atoms with Gasteiger partial charge in [0.25, 0.3) is 0 Å². The van der Waals surface area contributed by atoms with E-state index in [1.165, 1.54) is 12.1 Å². The summed E-state index contributed by atoms with van der Waals surface area (Å²) in [5.74, 6) is -1.70. The fourth-order valence-corrected chi connectivity index (χ4v) is 2.52. The molecular weight excluding hydrogens is 250 g/mol. The van der Waals surface area contributed by atoms with Crippen molar-refractivity contribution >= 4 is 22.9 Å². The zero-order chi connectivity index (χ0) is 11.5. The monoisotopic (exact) mass is 258 g/mol. The minimum Gasteiger partial charge on any atom is -0.204 e. The maximum Gasteiger partial charge on any atom is 0.163 e. The van der Waals surface area contributed by atoms with Gasteiger partial charge in [0, 0.05) is 5.56 Å². The summed E-state index contributed by atoms with van der Waals surface area (Å²) in [5.41, 5.74) is 1.25. The minimum atomic E-state index is -0.853. The molecule has 1 aromatic carbocycles. The van der Waals surface area contributed by atoms with Gasteiger partial charge in [-0.3, -0.25) is 0 Å². The fraction of sp³-hybridized carbons (Fsp3) is 0.167. The molecule has 1 atom stereocenters. The summed E-state index contributed by atoms with van der Waals surface area (Å²) < 4.78 is 26.4. The molecule has 0 aliphatic heterocycles. The second-order valence-corrected chi connectivity index (χ2v) is 4.75. The maximum absolute atomic E-state index is 13.4. The number of rotatable bonds is 3. The Balaban J connectivity index is 2.21. The lowest BCUT2D eigenvalue weighted by molar-refractivity contribution is 0.497. The first kappa shape index (κ1) is 11.6. The fourth-order valence-electron chi connectivity index (χ4n) is 1.49. The molecule has 0 saturated heterocycles. The molecule has 0 fully saturated rings. The van der Waals surface area contributed by atoms with Crippen LogP contribution in [0, 0.1) is 11.6 Å². The lowest BCUT2D eigenvalue weighted by atomic mass is 10.1. The lowest BCUT2D eigenvalue weighted by Gasteiger charge is -2.10. The van der Waals surface area contributed by atoms with Gasteiger partial charge in [0.05, 0.1) is 5.38 Å². The third-order valence-corrected chi connectivity index (χ3v) is 3.44. The van der Waals surface area contributed by atoms with Crippen LogP contribution in [0.3, 0.4) is 0 Å². The number of alkyl halides is 1. The summed E-state index contributed by atoms with van der Waals surface area (Å²) >= 11 is 7.63. The Bertz CT molecular complexity index is 468. The van der Waals surface area contributed by atoms with E-state index in [0.717, 1.165) is 11.6 Å². The molecule has 84 valence electrons. The standard InChI is InChI=1S/C12H9ClF2S/c13-10(6-8-4-5-16-7-8)9-2-1-3-11(14)12(9)15/h1-5,7,10H,6H2. The minimum absolute atomic E-state index is 0.216. The van der Waals surface area contributed by atoms with Gasteiger partial charge in [0.1, 0.15) is 0 Å². The number of benzene rings is 1. The van der Waals surface area contributed by atoms with Crippen LogP contribution in [0.2, 0.25) is 0 Å². The summed E-state index contributed by atoms with van der Waals surface area (Å²) in [7, 11) is 0. The van der Waals surface area contributed by atoms with Crippen molar-refractivity contribution in [2.45, 2.75) is 11.8 Å². The molecule has 0 amide bonds. The van der Waals surface area contributed by atoms with E-state index in [0.29, 0.717) is 6.42 Å². The van der Waals surface area contributed by atoms with Gasteiger partial charge in [-0.1, -0.05) is 12.1 Å². The second kappa shape index (κ2) is 4.93. The molecular formula is C12H9ClF2S. The Kier molecular flexibility index (Phi) is 3.56. The highest BCUT2D eigenvalue weighted by Gasteiger charge is 2.16. The van der Waals surface area contributed by atoms with Crippen LogP contribution in [0.5, 0.6) is 0 Å². The molecule has 16 heavy (non-hydrogen) atoms. The van der Waals surface area contributed by atoms with Crippen molar-refractivity contribution < 1.29 is 8.78 Å². The van der Waals surface area contributed by atoms with Gasteiger partial charge in [-0.25, -0.2) is 8.78 Å². The molecule has 1 heterocycles. The molecule has 2 aromatic rings. The highest BCUT2D eigenvalue weighted by atomic mass is 35.5. The van der Waals surface area contributed by atoms with Gasteiger partial charge in [-0.05, 0) is 34.9 Å². The average Bonchev–Trinajstić information content (AvgIpc) is 2.74. The zero-order valence-electron chi connectivity index (χ0n) is 8.29. The first-order valence-corrected chi connectivity index (χ1v) is 6.15. The molecule has 0 N–H and O–H groups in total. The number of thiophene rings is 1. The Hall–Kier alpha value is -0.930. The van der Waals surface area contributed by atoms with Crippen LogP contribution in [0.25, 0.3) is 0 Å². The van der Waals surface area contributed by atoms with E-state index in [1.54, 1.807) is 11.3 Å². The topological polar surface area (TPSA) is 0 Å².